The average molecular weight is 290 g/mol. The number of methoxy groups -OCH3 is 2. The van der Waals surface area contributed by atoms with Crippen LogP contribution in [0.5, 0.6) is 5.75 Å². The number of ether oxygens (including phenoxy) is 3. The predicted octanol–water partition coefficient (Wildman–Crippen LogP) is 2.53. The van der Waals surface area contributed by atoms with Crippen molar-refractivity contribution in [3.63, 3.8) is 0 Å². The summed E-state index contributed by atoms with van der Waals surface area (Å²) < 4.78 is 17.7. The zero-order valence-electron chi connectivity index (χ0n) is 12.2. The van der Waals surface area contributed by atoms with E-state index in [-0.39, 0.29) is 6.23 Å². The van der Waals surface area contributed by atoms with E-state index in [1.165, 1.54) is 14.2 Å². The van der Waals surface area contributed by atoms with Gasteiger partial charge in [0, 0.05) is 18.1 Å². The largest absolute Gasteiger partial charge is 0.496 e. The first-order valence-corrected chi connectivity index (χ1v) is 6.99. The van der Waals surface area contributed by atoms with Crippen LogP contribution >= 0.6 is 0 Å². The Morgan fingerprint density at radius 1 is 1.38 bits per heavy atom. The fourth-order valence-corrected chi connectivity index (χ4v) is 2.66. The highest BCUT2D eigenvalue weighted by molar-refractivity contribution is 5.97. The Bertz CT molecular complexity index is 659. The third kappa shape index (κ3) is 2.47. The fraction of sp³-hybridized carbons (Fsp3) is 0.467. The number of rotatable bonds is 3. The average Bonchev–Trinajstić information content (AvgIpc) is 2.96. The molecule has 0 N–H and O–H groups in total. The molecule has 1 saturated heterocycles. The lowest BCUT2D eigenvalue weighted by Crippen LogP contribution is -2.19. The van der Waals surface area contributed by atoms with Gasteiger partial charge in [-0.2, -0.15) is 5.10 Å². The summed E-state index contributed by atoms with van der Waals surface area (Å²) in [5.41, 5.74) is 1.29. The molecule has 1 aliphatic heterocycles. The molecule has 2 heterocycles. The third-order valence-corrected chi connectivity index (χ3v) is 3.75. The van der Waals surface area contributed by atoms with Gasteiger partial charge in [0.25, 0.3) is 0 Å². The lowest BCUT2D eigenvalue weighted by Gasteiger charge is -2.23. The summed E-state index contributed by atoms with van der Waals surface area (Å²) in [7, 11) is 2.89. The highest BCUT2D eigenvalue weighted by Gasteiger charge is 2.21. The van der Waals surface area contributed by atoms with Crippen molar-refractivity contribution < 1.29 is 19.0 Å². The van der Waals surface area contributed by atoms with Crippen LogP contribution in [0.1, 0.15) is 35.8 Å². The molecule has 21 heavy (non-hydrogen) atoms. The van der Waals surface area contributed by atoms with Gasteiger partial charge in [-0.15, -0.1) is 0 Å². The van der Waals surface area contributed by atoms with Gasteiger partial charge in [0.15, 0.2) is 6.23 Å². The van der Waals surface area contributed by atoms with Crippen LogP contribution in [0.25, 0.3) is 10.9 Å². The zero-order chi connectivity index (χ0) is 14.8. The second-order valence-electron chi connectivity index (χ2n) is 5.01. The van der Waals surface area contributed by atoms with Crippen LogP contribution < -0.4 is 4.74 Å². The van der Waals surface area contributed by atoms with E-state index in [2.05, 4.69) is 5.10 Å². The minimum atomic E-state index is -0.421. The van der Waals surface area contributed by atoms with Crippen LogP contribution in [0.4, 0.5) is 0 Å². The minimum absolute atomic E-state index is 0.0510. The van der Waals surface area contributed by atoms with Gasteiger partial charge in [0.2, 0.25) is 0 Å². The number of esters is 1. The molecule has 1 unspecified atom stereocenters. The molecule has 0 aliphatic carbocycles. The second kappa shape index (κ2) is 5.73. The number of carbonyl (C=O) groups is 1. The summed E-state index contributed by atoms with van der Waals surface area (Å²) in [6.07, 6.45) is 4.84. The van der Waals surface area contributed by atoms with Crippen molar-refractivity contribution in [1.82, 2.24) is 9.78 Å². The smallest absolute Gasteiger partial charge is 0.341 e. The van der Waals surface area contributed by atoms with Gasteiger partial charge < -0.3 is 14.2 Å². The van der Waals surface area contributed by atoms with Crippen molar-refractivity contribution in [2.45, 2.75) is 25.5 Å². The summed E-state index contributed by atoms with van der Waals surface area (Å²) in [6, 6.07) is 3.55. The maximum Gasteiger partial charge on any atom is 0.341 e. The summed E-state index contributed by atoms with van der Waals surface area (Å²) in [6.45, 7) is 0.753. The van der Waals surface area contributed by atoms with E-state index < -0.39 is 5.97 Å². The third-order valence-electron chi connectivity index (χ3n) is 3.75. The number of nitrogens with zero attached hydrogens (tertiary/aromatic N) is 2. The molecule has 6 heteroatoms. The Morgan fingerprint density at radius 2 is 2.24 bits per heavy atom. The summed E-state index contributed by atoms with van der Waals surface area (Å²) in [4.78, 5) is 11.8. The lowest BCUT2D eigenvalue weighted by atomic mass is 10.1. The maximum absolute atomic E-state index is 11.8. The van der Waals surface area contributed by atoms with E-state index in [0.717, 1.165) is 36.8 Å². The van der Waals surface area contributed by atoms with Crippen molar-refractivity contribution in [1.29, 1.82) is 0 Å². The molecule has 0 amide bonds. The molecule has 0 radical (unpaired) electrons. The van der Waals surface area contributed by atoms with Gasteiger partial charge in [-0.1, -0.05) is 0 Å². The van der Waals surface area contributed by atoms with Gasteiger partial charge in [0.05, 0.1) is 25.9 Å². The number of hydrogen-bond donors (Lipinski definition) is 0. The Hall–Kier alpha value is -2.08. The minimum Gasteiger partial charge on any atom is -0.496 e. The first-order valence-electron chi connectivity index (χ1n) is 6.99. The number of fused-ring (bicyclic) bond motifs is 1. The molecule has 1 aliphatic rings. The molecule has 0 saturated carbocycles. The monoisotopic (exact) mass is 290 g/mol. The number of benzene rings is 1. The quantitative estimate of drug-likeness (QED) is 0.813. The Balaban J connectivity index is 2.07. The standard InChI is InChI=1S/C15H18N2O4/c1-19-13-8-12-10(7-11(13)15(18)20-2)9-16-17(12)14-5-3-4-6-21-14/h7-9,14H,3-6H2,1-2H3. The molecule has 1 fully saturated rings. The lowest BCUT2D eigenvalue weighted by molar-refractivity contribution is -0.0366. The highest BCUT2D eigenvalue weighted by Crippen LogP contribution is 2.30. The molecule has 112 valence electrons. The van der Waals surface area contributed by atoms with Crippen LogP contribution in [0, 0.1) is 0 Å². The van der Waals surface area contributed by atoms with E-state index in [9.17, 15) is 4.79 Å². The van der Waals surface area contributed by atoms with Gasteiger partial charge in [-0.05, 0) is 25.3 Å². The maximum atomic E-state index is 11.8. The summed E-state index contributed by atoms with van der Waals surface area (Å²) in [5, 5.41) is 5.27. The summed E-state index contributed by atoms with van der Waals surface area (Å²) >= 11 is 0. The van der Waals surface area contributed by atoms with Crippen molar-refractivity contribution >= 4 is 16.9 Å². The van der Waals surface area contributed by atoms with E-state index in [1.807, 2.05) is 10.7 Å². The molecule has 1 aromatic heterocycles. The normalized spacial score (nSPS) is 18.7. The zero-order valence-corrected chi connectivity index (χ0v) is 12.2. The van der Waals surface area contributed by atoms with Crippen molar-refractivity contribution in [2.24, 2.45) is 0 Å². The first-order chi connectivity index (χ1) is 10.2. The number of carbonyl (C=O) groups excluding carboxylic acids is 1. The molecule has 0 spiro atoms. The van der Waals surface area contributed by atoms with E-state index >= 15 is 0 Å². The number of aromatic nitrogens is 2. The van der Waals surface area contributed by atoms with Crippen LogP contribution in [-0.4, -0.2) is 36.6 Å². The van der Waals surface area contributed by atoms with Crippen LogP contribution in [0.3, 0.4) is 0 Å². The topological polar surface area (TPSA) is 62.6 Å². The van der Waals surface area contributed by atoms with Gasteiger partial charge >= 0.3 is 5.97 Å². The van der Waals surface area contributed by atoms with Crippen molar-refractivity contribution in [3.8, 4) is 5.75 Å². The fourth-order valence-electron chi connectivity index (χ4n) is 2.66. The highest BCUT2D eigenvalue weighted by atomic mass is 16.5. The molecule has 2 aromatic rings. The van der Waals surface area contributed by atoms with Crippen molar-refractivity contribution in [3.05, 3.63) is 23.9 Å². The Labute approximate surface area is 122 Å². The first kappa shape index (κ1) is 13.9. The molecule has 0 bridgehead atoms. The second-order valence-corrected chi connectivity index (χ2v) is 5.01. The molecular weight excluding hydrogens is 272 g/mol. The Kier molecular flexibility index (Phi) is 3.79. The van der Waals surface area contributed by atoms with Gasteiger partial charge in [-0.25, -0.2) is 9.48 Å². The molecular formula is C15H18N2O4. The number of hydrogen-bond acceptors (Lipinski definition) is 5. The Morgan fingerprint density at radius 3 is 2.90 bits per heavy atom. The molecule has 1 aromatic carbocycles. The van der Waals surface area contributed by atoms with E-state index in [1.54, 1.807) is 12.3 Å². The molecule has 6 nitrogen and oxygen atoms in total. The SMILES string of the molecule is COC(=O)c1cc2cnn(C3CCCCO3)c2cc1OC. The van der Waals surface area contributed by atoms with Gasteiger partial charge in [0.1, 0.15) is 11.3 Å². The molecule has 3 rings (SSSR count). The summed E-state index contributed by atoms with van der Waals surface area (Å²) in [5.74, 6) is 0.0577. The predicted molar refractivity (Wildman–Crippen MR) is 76.5 cm³/mol. The van der Waals surface area contributed by atoms with Gasteiger partial charge in [-0.3, -0.25) is 0 Å². The van der Waals surface area contributed by atoms with Crippen LogP contribution in [0.2, 0.25) is 0 Å². The van der Waals surface area contributed by atoms with E-state index in [4.69, 9.17) is 14.2 Å². The van der Waals surface area contributed by atoms with Crippen molar-refractivity contribution in [2.75, 3.05) is 20.8 Å². The van der Waals surface area contributed by atoms with E-state index in [0.29, 0.717) is 11.3 Å². The van der Waals surface area contributed by atoms with Crippen LogP contribution in [0.15, 0.2) is 18.3 Å². The molecule has 1 atom stereocenters. The van der Waals surface area contributed by atoms with Crippen LogP contribution in [-0.2, 0) is 9.47 Å².